The quantitative estimate of drug-likeness (QED) is 0.608. The van der Waals surface area contributed by atoms with Crippen LogP contribution in [-0.4, -0.2) is 24.4 Å². The van der Waals surface area contributed by atoms with Gasteiger partial charge in [0.05, 0.1) is 4.92 Å². The van der Waals surface area contributed by atoms with Gasteiger partial charge >= 0.3 is 0 Å². The summed E-state index contributed by atoms with van der Waals surface area (Å²) in [5.41, 5.74) is 1.16. The third-order valence-electron chi connectivity index (χ3n) is 2.89. The third kappa shape index (κ3) is 4.03. The first-order valence-corrected chi connectivity index (χ1v) is 6.22. The van der Waals surface area contributed by atoms with Gasteiger partial charge in [0, 0.05) is 29.8 Å². The molecule has 0 saturated carbocycles. The molecule has 1 amide bonds. The largest absolute Gasteiger partial charge is 0.326 e. The molecule has 19 heavy (non-hydrogen) atoms. The molecule has 0 radical (unpaired) electrons. The summed E-state index contributed by atoms with van der Waals surface area (Å²) in [4.78, 5) is 22.3. The van der Waals surface area contributed by atoms with Crippen LogP contribution in [0.5, 0.6) is 0 Å². The number of carbonyl (C=O) groups is 1. The van der Waals surface area contributed by atoms with Crippen LogP contribution in [0.4, 0.5) is 11.4 Å². The molecular weight excluding hydrogens is 246 g/mol. The summed E-state index contributed by atoms with van der Waals surface area (Å²) < 4.78 is 0. The molecule has 0 fully saturated rings. The minimum Gasteiger partial charge on any atom is -0.326 e. The SMILES string of the molecule is CCc1ccc(NC(=O)C(C)CNC)cc1[N+](=O)[O-]. The van der Waals surface area contributed by atoms with Crippen molar-refractivity contribution in [2.45, 2.75) is 20.3 Å². The molecule has 1 aromatic carbocycles. The van der Waals surface area contributed by atoms with E-state index in [2.05, 4.69) is 10.6 Å². The van der Waals surface area contributed by atoms with Crippen molar-refractivity contribution >= 4 is 17.3 Å². The summed E-state index contributed by atoms with van der Waals surface area (Å²) in [6.45, 7) is 4.21. The zero-order valence-electron chi connectivity index (χ0n) is 11.4. The monoisotopic (exact) mass is 265 g/mol. The van der Waals surface area contributed by atoms with Gasteiger partial charge in [-0.1, -0.05) is 19.9 Å². The minimum absolute atomic E-state index is 0.0431. The van der Waals surface area contributed by atoms with E-state index in [-0.39, 0.29) is 17.5 Å². The average molecular weight is 265 g/mol. The fourth-order valence-corrected chi connectivity index (χ4v) is 1.77. The molecule has 0 saturated heterocycles. The molecule has 6 heteroatoms. The minimum atomic E-state index is -0.425. The van der Waals surface area contributed by atoms with E-state index in [1.54, 1.807) is 26.1 Å². The van der Waals surface area contributed by atoms with Crippen molar-refractivity contribution in [1.29, 1.82) is 0 Å². The predicted molar refractivity (Wildman–Crippen MR) is 74.2 cm³/mol. The lowest BCUT2D eigenvalue weighted by molar-refractivity contribution is -0.385. The fourth-order valence-electron chi connectivity index (χ4n) is 1.77. The second-order valence-corrected chi connectivity index (χ2v) is 4.40. The van der Waals surface area contributed by atoms with E-state index in [1.807, 2.05) is 6.92 Å². The van der Waals surface area contributed by atoms with Crippen molar-refractivity contribution in [1.82, 2.24) is 5.32 Å². The smallest absolute Gasteiger partial charge is 0.274 e. The normalized spacial score (nSPS) is 11.9. The molecule has 2 N–H and O–H groups in total. The Morgan fingerprint density at radius 2 is 2.16 bits per heavy atom. The molecule has 0 aliphatic rings. The summed E-state index contributed by atoms with van der Waals surface area (Å²) in [6.07, 6.45) is 0.584. The molecule has 104 valence electrons. The molecule has 1 unspecified atom stereocenters. The van der Waals surface area contributed by atoms with Crippen molar-refractivity contribution in [3.05, 3.63) is 33.9 Å². The van der Waals surface area contributed by atoms with Crippen LogP contribution in [0.3, 0.4) is 0 Å². The van der Waals surface area contributed by atoms with Crippen LogP contribution in [0.1, 0.15) is 19.4 Å². The zero-order chi connectivity index (χ0) is 14.4. The van der Waals surface area contributed by atoms with E-state index in [4.69, 9.17) is 0 Å². The maximum absolute atomic E-state index is 11.8. The molecule has 0 bridgehead atoms. The zero-order valence-corrected chi connectivity index (χ0v) is 11.4. The summed E-state index contributed by atoms with van der Waals surface area (Å²) in [5.74, 6) is -0.359. The van der Waals surface area contributed by atoms with Gasteiger partial charge in [-0.2, -0.15) is 0 Å². The van der Waals surface area contributed by atoms with Crippen molar-refractivity contribution in [3.63, 3.8) is 0 Å². The number of hydrogen-bond donors (Lipinski definition) is 2. The highest BCUT2D eigenvalue weighted by Gasteiger charge is 2.16. The number of amides is 1. The van der Waals surface area contributed by atoms with Crippen LogP contribution >= 0.6 is 0 Å². The summed E-state index contributed by atoms with van der Waals surface area (Å²) in [5, 5.41) is 16.5. The van der Waals surface area contributed by atoms with Crippen molar-refractivity contribution in [2.24, 2.45) is 5.92 Å². The Hall–Kier alpha value is -1.95. The number of nitrogens with zero attached hydrogens (tertiary/aromatic N) is 1. The number of nitro benzene ring substituents is 1. The third-order valence-corrected chi connectivity index (χ3v) is 2.89. The van der Waals surface area contributed by atoms with Crippen LogP contribution in [0.15, 0.2) is 18.2 Å². The number of nitrogens with one attached hydrogen (secondary N) is 2. The van der Waals surface area contributed by atoms with Gasteiger partial charge in [0.25, 0.3) is 5.69 Å². The summed E-state index contributed by atoms with van der Waals surface area (Å²) in [7, 11) is 1.77. The first kappa shape index (κ1) is 15.1. The Morgan fingerprint density at radius 3 is 2.68 bits per heavy atom. The first-order valence-electron chi connectivity index (χ1n) is 6.22. The highest BCUT2D eigenvalue weighted by Crippen LogP contribution is 2.23. The van der Waals surface area contributed by atoms with Crippen LogP contribution in [0, 0.1) is 16.0 Å². The summed E-state index contributed by atoms with van der Waals surface area (Å²) in [6, 6.07) is 4.77. The molecule has 6 nitrogen and oxygen atoms in total. The molecule has 0 aromatic heterocycles. The lowest BCUT2D eigenvalue weighted by atomic mass is 10.1. The fraction of sp³-hybridized carbons (Fsp3) is 0.462. The van der Waals surface area contributed by atoms with Gasteiger partial charge in [-0.15, -0.1) is 0 Å². The average Bonchev–Trinajstić information content (AvgIpc) is 2.38. The van der Waals surface area contributed by atoms with Gasteiger partial charge in [0.15, 0.2) is 0 Å². The Kier molecular flexibility index (Phi) is 5.44. The molecule has 1 rings (SSSR count). The number of benzene rings is 1. The van der Waals surface area contributed by atoms with Gasteiger partial charge in [-0.05, 0) is 19.5 Å². The molecule has 0 heterocycles. The van der Waals surface area contributed by atoms with Crippen molar-refractivity contribution in [3.8, 4) is 0 Å². The van der Waals surface area contributed by atoms with Gasteiger partial charge in [0.2, 0.25) is 5.91 Å². The number of rotatable bonds is 6. The van der Waals surface area contributed by atoms with E-state index in [9.17, 15) is 14.9 Å². The maximum atomic E-state index is 11.8. The lowest BCUT2D eigenvalue weighted by Gasteiger charge is -2.12. The highest BCUT2D eigenvalue weighted by molar-refractivity contribution is 5.92. The Bertz CT molecular complexity index is 474. The molecule has 1 atom stereocenters. The Labute approximate surface area is 112 Å². The van der Waals surface area contributed by atoms with Gasteiger partial charge in [-0.25, -0.2) is 0 Å². The molecule has 1 aromatic rings. The van der Waals surface area contributed by atoms with Crippen LogP contribution < -0.4 is 10.6 Å². The predicted octanol–water partition coefficient (Wildman–Crippen LogP) is 1.95. The summed E-state index contributed by atoms with van der Waals surface area (Å²) >= 11 is 0. The van der Waals surface area contributed by atoms with Gasteiger partial charge in [0.1, 0.15) is 0 Å². The maximum Gasteiger partial charge on any atom is 0.274 e. The van der Waals surface area contributed by atoms with E-state index in [0.717, 1.165) is 0 Å². The van der Waals surface area contributed by atoms with E-state index >= 15 is 0 Å². The van der Waals surface area contributed by atoms with Crippen LogP contribution in [0.2, 0.25) is 0 Å². The first-order chi connectivity index (χ1) is 8.99. The number of hydrogen-bond acceptors (Lipinski definition) is 4. The van der Waals surface area contributed by atoms with E-state index < -0.39 is 4.92 Å². The van der Waals surface area contributed by atoms with E-state index in [0.29, 0.717) is 24.2 Å². The van der Waals surface area contributed by atoms with Crippen LogP contribution in [0.25, 0.3) is 0 Å². The lowest BCUT2D eigenvalue weighted by Crippen LogP contribution is -2.28. The van der Waals surface area contributed by atoms with E-state index in [1.165, 1.54) is 6.07 Å². The number of anilines is 1. The topological polar surface area (TPSA) is 84.3 Å². The van der Waals surface area contributed by atoms with Gasteiger partial charge < -0.3 is 10.6 Å². The Morgan fingerprint density at radius 1 is 1.47 bits per heavy atom. The van der Waals surface area contributed by atoms with Gasteiger partial charge in [-0.3, -0.25) is 14.9 Å². The Balaban J connectivity index is 2.88. The number of carbonyl (C=O) groups excluding carboxylic acids is 1. The second-order valence-electron chi connectivity index (χ2n) is 4.40. The molecule has 0 spiro atoms. The van der Waals surface area contributed by atoms with Crippen LogP contribution in [-0.2, 0) is 11.2 Å². The number of aryl methyl sites for hydroxylation is 1. The van der Waals surface area contributed by atoms with Crippen molar-refractivity contribution in [2.75, 3.05) is 18.9 Å². The molecule has 0 aliphatic carbocycles. The second kappa shape index (κ2) is 6.84. The standard InChI is InChI=1S/C13H19N3O3/c1-4-10-5-6-11(7-12(10)16(18)19)15-13(17)9(2)8-14-3/h5-7,9,14H,4,8H2,1-3H3,(H,15,17). The highest BCUT2D eigenvalue weighted by atomic mass is 16.6. The molecule has 0 aliphatic heterocycles. The molecular formula is C13H19N3O3. The van der Waals surface area contributed by atoms with Crippen molar-refractivity contribution < 1.29 is 9.72 Å². The number of nitro groups is 1.